The topological polar surface area (TPSA) is 86.0 Å². The molecule has 0 aliphatic rings. The number of hydrogen-bond donors (Lipinski definition) is 1. The third-order valence-corrected chi connectivity index (χ3v) is 2.48. The van der Waals surface area contributed by atoms with Crippen LogP contribution in [0.5, 0.6) is 5.75 Å². The fourth-order valence-electron chi connectivity index (χ4n) is 1.69. The lowest BCUT2D eigenvalue weighted by atomic mass is 10.1. The molecule has 18 heavy (non-hydrogen) atoms. The number of rotatable bonds is 3. The monoisotopic (exact) mass is 250 g/mol. The molecule has 2 rings (SSSR count). The van der Waals surface area contributed by atoms with E-state index in [1.807, 2.05) is 0 Å². The Morgan fingerprint density at radius 3 is 2.56 bits per heavy atom. The predicted octanol–water partition coefficient (Wildman–Crippen LogP) is 1.93. The van der Waals surface area contributed by atoms with Gasteiger partial charge in [0.15, 0.2) is 11.3 Å². The van der Waals surface area contributed by atoms with Gasteiger partial charge in [0.2, 0.25) is 0 Å². The minimum atomic E-state index is -1.14. The number of methoxy groups -OCH3 is 2. The van der Waals surface area contributed by atoms with Crippen LogP contribution in [0.2, 0.25) is 0 Å². The van der Waals surface area contributed by atoms with E-state index in [4.69, 9.17) is 14.3 Å². The van der Waals surface area contributed by atoms with Crippen molar-refractivity contribution in [3.63, 3.8) is 0 Å². The first-order valence-corrected chi connectivity index (χ1v) is 5.01. The first kappa shape index (κ1) is 12.0. The Labute approximate surface area is 102 Å². The summed E-state index contributed by atoms with van der Waals surface area (Å²) in [5.74, 6) is -1.85. The number of carboxylic acids is 1. The van der Waals surface area contributed by atoms with Crippen LogP contribution in [0.1, 0.15) is 20.9 Å². The van der Waals surface area contributed by atoms with Crippen molar-refractivity contribution >= 4 is 22.9 Å². The molecule has 0 radical (unpaired) electrons. The van der Waals surface area contributed by atoms with Gasteiger partial charge in [-0.3, -0.25) is 0 Å². The Bertz CT molecular complexity index is 625. The van der Waals surface area contributed by atoms with Gasteiger partial charge in [-0.05, 0) is 12.1 Å². The molecule has 0 unspecified atom stereocenters. The highest BCUT2D eigenvalue weighted by Gasteiger charge is 2.25. The second-order valence-corrected chi connectivity index (χ2v) is 3.44. The molecule has 0 bridgehead atoms. The molecule has 0 spiro atoms. The highest BCUT2D eigenvalue weighted by atomic mass is 16.5. The molecule has 0 aliphatic carbocycles. The number of ether oxygens (including phenoxy) is 2. The van der Waals surface area contributed by atoms with Gasteiger partial charge >= 0.3 is 11.9 Å². The molecule has 6 heteroatoms. The zero-order chi connectivity index (χ0) is 13.3. The first-order chi connectivity index (χ1) is 8.60. The summed E-state index contributed by atoms with van der Waals surface area (Å²) in [6.07, 6.45) is 0. The third kappa shape index (κ3) is 1.67. The molecule has 2 aromatic rings. The van der Waals surface area contributed by atoms with Crippen LogP contribution in [0.15, 0.2) is 22.6 Å². The van der Waals surface area contributed by atoms with Crippen LogP contribution in [0, 0.1) is 0 Å². The van der Waals surface area contributed by atoms with E-state index in [2.05, 4.69) is 4.74 Å². The Morgan fingerprint density at radius 2 is 2.00 bits per heavy atom. The van der Waals surface area contributed by atoms with Gasteiger partial charge in [0.1, 0.15) is 5.56 Å². The molecule has 1 aromatic heterocycles. The highest BCUT2D eigenvalue weighted by Crippen LogP contribution is 2.35. The van der Waals surface area contributed by atoms with Crippen LogP contribution in [-0.2, 0) is 4.74 Å². The SMILES string of the molecule is COC(=O)c1oc2c(C(=O)O)cccc2c1OC. The van der Waals surface area contributed by atoms with Crippen LogP contribution in [0.3, 0.4) is 0 Å². The van der Waals surface area contributed by atoms with E-state index in [0.717, 1.165) is 0 Å². The van der Waals surface area contributed by atoms with Gasteiger partial charge in [-0.25, -0.2) is 9.59 Å². The van der Waals surface area contributed by atoms with Gasteiger partial charge in [-0.1, -0.05) is 6.07 Å². The number of furan rings is 1. The second-order valence-electron chi connectivity index (χ2n) is 3.44. The minimum Gasteiger partial charge on any atom is -0.492 e. The molecule has 94 valence electrons. The normalized spacial score (nSPS) is 10.3. The quantitative estimate of drug-likeness (QED) is 0.837. The van der Waals surface area contributed by atoms with Crippen LogP contribution in [0.25, 0.3) is 11.0 Å². The van der Waals surface area contributed by atoms with E-state index < -0.39 is 11.9 Å². The maximum atomic E-state index is 11.5. The summed E-state index contributed by atoms with van der Waals surface area (Å²) in [7, 11) is 2.57. The maximum Gasteiger partial charge on any atom is 0.377 e. The van der Waals surface area contributed by atoms with E-state index in [1.165, 1.54) is 20.3 Å². The summed E-state index contributed by atoms with van der Waals surface area (Å²) in [5.41, 5.74) is 0.0446. The van der Waals surface area contributed by atoms with Gasteiger partial charge in [-0.2, -0.15) is 0 Å². The van der Waals surface area contributed by atoms with Gasteiger partial charge in [0.25, 0.3) is 5.76 Å². The summed E-state index contributed by atoms with van der Waals surface area (Å²) in [6.45, 7) is 0. The van der Waals surface area contributed by atoms with E-state index in [1.54, 1.807) is 12.1 Å². The average Bonchev–Trinajstić information content (AvgIpc) is 2.75. The minimum absolute atomic E-state index is 0.0408. The number of para-hydroxylation sites is 1. The summed E-state index contributed by atoms with van der Waals surface area (Å²) >= 11 is 0. The standard InChI is InChI=1S/C12H10O6/c1-16-9-6-4-3-5-7(11(13)14)8(6)18-10(9)12(15)17-2/h3-5H,1-2H3,(H,13,14). The van der Waals surface area contributed by atoms with E-state index >= 15 is 0 Å². The van der Waals surface area contributed by atoms with E-state index in [-0.39, 0.29) is 22.7 Å². The lowest BCUT2D eigenvalue weighted by molar-refractivity contribution is 0.0560. The van der Waals surface area contributed by atoms with Gasteiger partial charge in [0, 0.05) is 0 Å². The molecule has 0 saturated carbocycles. The van der Waals surface area contributed by atoms with Crippen molar-refractivity contribution in [3.8, 4) is 5.75 Å². The van der Waals surface area contributed by atoms with Crippen molar-refractivity contribution in [1.29, 1.82) is 0 Å². The number of esters is 1. The van der Waals surface area contributed by atoms with Crippen LogP contribution in [-0.4, -0.2) is 31.3 Å². The number of carboxylic acid groups (broad SMARTS) is 1. The Hall–Kier alpha value is -2.50. The van der Waals surface area contributed by atoms with Crippen molar-refractivity contribution < 1.29 is 28.6 Å². The van der Waals surface area contributed by atoms with Crippen molar-refractivity contribution in [2.45, 2.75) is 0 Å². The van der Waals surface area contributed by atoms with E-state index in [9.17, 15) is 9.59 Å². The Balaban J connectivity index is 2.79. The van der Waals surface area contributed by atoms with Gasteiger partial charge in [-0.15, -0.1) is 0 Å². The van der Waals surface area contributed by atoms with Crippen LogP contribution < -0.4 is 4.74 Å². The number of aromatic carboxylic acids is 1. The number of carbonyl (C=O) groups excluding carboxylic acids is 1. The maximum absolute atomic E-state index is 11.5. The van der Waals surface area contributed by atoms with E-state index in [0.29, 0.717) is 5.39 Å². The summed E-state index contributed by atoms with van der Waals surface area (Å²) in [6, 6.07) is 4.54. The van der Waals surface area contributed by atoms with Crippen molar-refractivity contribution in [1.82, 2.24) is 0 Å². The zero-order valence-corrected chi connectivity index (χ0v) is 9.72. The smallest absolute Gasteiger partial charge is 0.377 e. The summed E-state index contributed by atoms with van der Waals surface area (Å²) in [5, 5.41) is 9.45. The zero-order valence-electron chi connectivity index (χ0n) is 9.72. The first-order valence-electron chi connectivity index (χ1n) is 5.01. The lowest BCUT2D eigenvalue weighted by Crippen LogP contribution is -2.01. The number of hydrogen-bond acceptors (Lipinski definition) is 5. The van der Waals surface area contributed by atoms with Crippen molar-refractivity contribution in [2.24, 2.45) is 0 Å². The molecule has 0 saturated heterocycles. The molecular weight excluding hydrogens is 240 g/mol. The van der Waals surface area contributed by atoms with Crippen molar-refractivity contribution in [3.05, 3.63) is 29.5 Å². The fraction of sp³-hybridized carbons (Fsp3) is 0.167. The largest absolute Gasteiger partial charge is 0.492 e. The molecular formula is C12H10O6. The lowest BCUT2D eigenvalue weighted by Gasteiger charge is -1.98. The predicted molar refractivity (Wildman–Crippen MR) is 61.1 cm³/mol. The molecule has 0 amide bonds. The fourth-order valence-corrected chi connectivity index (χ4v) is 1.69. The molecule has 1 aromatic carbocycles. The molecule has 0 atom stereocenters. The molecule has 6 nitrogen and oxygen atoms in total. The summed E-state index contributed by atoms with van der Waals surface area (Å²) in [4.78, 5) is 22.5. The average molecular weight is 250 g/mol. The highest BCUT2D eigenvalue weighted by molar-refractivity contribution is 6.06. The molecule has 0 fully saturated rings. The third-order valence-electron chi connectivity index (χ3n) is 2.48. The number of benzene rings is 1. The molecule has 1 heterocycles. The second kappa shape index (κ2) is 4.40. The number of carbonyl (C=O) groups is 2. The van der Waals surface area contributed by atoms with Gasteiger partial charge < -0.3 is 19.0 Å². The Kier molecular flexibility index (Phi) is 2.93. The van der Waals surface area contributed by atoms with Crippen LogP contribution >= 0.6 is 0 Å². The van der Waals surface area contributed by atoms with Crippen LogP contribution in [0.4, 0.5) is 0 Å². The number of fused-ring (bicyclic) bond motifs is 1. The molecule has 0 aliphatic heterocycles. The van der Waals surface area contributed by atoms with Crippen molar-refractivity contribution in [2.75, 3.05) is 14.2 Å². The van der Waals surface area contributed by atoms with Gasteiger partial charge in [0.05, 0.1) is 19.6 Å². The summed E-state index contributed by atoms with van der Waals surface area (Å²) < 4.78 is 14.9. The molecule has 1 N–H and O–H groups in total. The Morgan fingerprint density at radius 1 is 1.28 bits per heavy atom.